The second-order valence-electron chi connectivity index (χ2n) is 5.85. The minimum atomic E-state index is -4.82. The predicted molar refractivity (Wildman–Crippen MR) is 87.4 cm³/mol. The minimum absolute atomic E-state index is 0.0366. The maximum atomic E-state index is 13.5. The van der Waals surface area contributed by atoms with Gasteiger partial charge in [-0.15, -0.1) is 13.2 Å². The number of nitrogens with zero attached hydrogens (tertiary/aromatic N) is 1. The number of alkyl halides is 3. The number of benzene rings is 2. The predicted octanol–water partition coefficient (Wildman–Crippen LogP) is 3.43. The van der Waals surface area contributed by atoms with Crippen LogP contribution in [0, 0.1) is 5.82 Å². The lowest BCUT2D eigenvalue weighted by atomic mass is 10.1. The molecule has 27 heavy (non-hydrogen) atoms. The summed E-state index contributed by atoms with van der Waals surface area (Å²) in [6.07, 6.45) is -5.10. The molecule has 10 heteroatoms. The summed E-state index contributed by atoms with van der Waals surface area (Å²) in [6, 6.07) is 7.94. The van der Waals surface area contributed by atoms with Gasteiger partial charge in [-0.2, -0.15) is 0 Å². The summed E-state index contributed by atoms with van der Waals surface area (Å²) in [4.78, 5) is 13.3. The molecular weight excluding hydrogens is 390 g/mol. The third-order valence-electron chi connectivity index (χ3n) is 3.93. The maximum Gasteiger partial charge on any atom is 0.573 e. The Hall–Kier alpha value is -2.62. The van der Waals surface area contributed by atoms with Crippen LogP contribution in [0.4, 0.5) is 23.2 Å². The Labute approximate surface area is 152 Å². The van der Waals surface area contributed by atoms with Gasteiger partial charge in [0.25, 0.3) is 0 Å². The fraction of sp³-hybridized carbons (Fsp3) is 0.235. The van der Waals surface area contributed by atoms with Gasteiger partial charge in [0.2, 0.25) is 5.91 Å². The van der Waals surface area contributed by atoms with E-state index in [1.165, 1.54) is 23.1 Å². The molecule has 0 saturated carbocycles. The van der Waals surface area contributed by atoms with Crippen molar-refractivity contribution in [2.45, 2.75) is 24.2 Å². The summed E-state index contributed by atoms with van der Waals surface area (Å²) in [6.45, 7) is -0.0840. The first kappa shape index (κ1) is 19.2. The summed E-state index contributed by atoms with van der Waals surface area (Å²) in [7, 11) is -3.83. The Kier molecular flexibility index (Phi) is 4.85. The average Bonchev–Trinajstić information content (AvgIpc) is 2.66. The molecule has 0 saturated heterocycles. The molecule has 0 aromatic heterocycles. The molecule has 1 aliphatic heterocycles. The van der Waals surface area contributed by atoms with Crippen molar-refractivity contribution in [1.29, 1.82) is 0 Å². The number of carbonyl (C=O) groups excluding carboxylic acids is 1. The van der Waals surface area contributed by atoms with E-state index in [2.05, 4.69) is 4.74 Å². The number of sulfone groups is 1. The number of hydrogen-bond donors (Lipinski definition) is 0. The zero-order chi connectivity index (χ0) is 19.8. The highest BCUT2D eigenvalue weighted by molar-refractivity contribution is 7.91. The Morgan fingerprint density at radius 1 is 1.07 bits per heavy atom. The molecule has 1 heterocycles. The van der Waals surface area contributed by atoms with Gasteiger partial charge in [-0.05, 0) is 35.9 Å². The Balaban J connectivity index is 1.93. The topological polar surface area (TPSA) is 63.7 Å². The molecule has 0 radical (unpaired) electrons. The van der Waals surface area contributed by atoms with Gasteiger partial charge < -0.3 is 9.64 Å². The Morgan fingerprint density at radius 3 is 2.37 bits per heavy atom. The van der Waals surface area contributed by atoms with Gasteiger partial charge >= 0.3 is 6.36 Å². The highest BCUT2D eigenvalue weighted by atomic mass is 32.2. The van der Waals surface area contributed by atoms with Crippen LogP contribution >= 0.6 is 0 Å². The third kappa shape index (κ3) is 4.38. The first-order valence-corrected chi connectivity index (χ1v) is 9.38. The van der Waals surface area contributed by atoms with E-state index in [-0.39, 0.29) is 23.5 Å². The van der Waals surface area contributed by atoms with Crippen molar-refractivity contribution < 1.29 is 35.5 Å². The standard InChI is InChI=1S/C17H13F4NO4S/c18-12-3-6-14-15(9-12)27(24,25)8-7-16(23)22(14)10-11-1-4-13(5-2-11)26-17(19,20)21/h1-6,9H,7-8,10H2. The molecule has 0 fully saturated rings. The molecule has 1 amide bonds. The van der Waals surface area contributed by atoms with E-state index >= 15 is 0 Å². The van der Waals surface area contributed by atoms with Gasteiger partial charge in [0.1, 0.15) is 11.6 Å². The van der Waals surface area contributed by atoms with E-state index in [0.29, 0.717) is 5.56 Å². The quantitative estimate of drug-likeness (QED) is 0.737. The Bertz CT molecular complexity index is 971. The lowest BCUT2D eigenvalue weighted by Gasteiger charge is -2.22. The number of halogens is 4. The van der Waals surface area contributed by atoms with Gasteiger partial charge in [0, 0.05) is 6.42 Å². The molecule has 0 bridgehead atoms. The second-order valence-corrected chi connectivity index (χ2v) is 7.93. The van der Waals surface area contributed by atoms with Gasteiger partial charge in [-0.1, -0.05) is 12.1 Å². The molecule has 0 atom stereocenters. The molecule has 2 aromatic carbocycles. The first-order valence-electron chi connectivity index (χ1n) is 7.72. The van der Waals surface area contributed by atoms with Crippen LogP contribution in [0.3, 0.4) is 0 Å². The number of amides is 1. The summed E-state index contributed by atoms with van der Waals surface area (Å²) in [5, 5.41) is 0. The summed E-state index contributed by atoms with van der Waals surface area (Å²) >= 11 is 0. The van der Waals surface area contributed by atoms with Crippen molar-refractivity contribution in [3.8, 4) is 5.75 Å². The van der Waals surface area contributed by atoms with E-state index in [1.807, 2.05) is 0 Å². The fourth-order valence-corrected chi connectivity index (χ4v) is 4.17. The zero-order valence-corrected chi connectivity index (χ0v) is 14.5. The molecule has 5 nitrogen and oxygen atoms in total. The largest absolute Gasteiger partial charge is 0.573 e. The lowest BCUT2D eigenvalue weighted by Crippen LogP contribution is -2.29. The molecule has 3 rings (SSSR count). The van der Waals surface area contributed by atoms with Crippen molar-refractivity contribution in [3.63, 3.8) is 0 Å². The van der Waals surface area contributed by atoms with Gasteiger partial charge in [0.15, 0.2) is 9.84 Å². The fourth-order valence-electron chi connectivity index (χ4n) is 2.71. The number of rotatable bonds is 3. The highest BCUT2D eigenvalue weighted by Crippen LogP contribution is 2.32. The van der Waals surface area contributed by atoms with E-state index in [9.17, 15) is 30.8 Å². The lowest BCUT2D eigenvalue weighted by molar-refractivity contribution is -0.274. The van der Waals surface area contributed by atoms with Crippen LogP contribution in [0.2, 0.25) is 0 Å². The van der Waals surface area contributed by atoms with Crippen LogP contribution in [0.1, 0.15) is 12.0 Å². The number of ether oxygens (including phenoxy) is 1. The van der Waals surface area contributed by atoms with Gasteiger partial charge in [-0.25, -0.2) is 12.8 Å². The molecule has 0 N–H and O–H groups in total. The zero-order valence-electron chi connectivity index (χ0n) is 13.7. The van der Waals surface area contributed by atoms with E-state index in [1.54, 1.807) is 0 Å². The first-order chi connectivity index (χ1) is 12.5. The highest BCUT2D eigenvalue weighted by Gasteiger charge is 2.32. The second kappa shape index (κ2) is 6.84. The third-order valence-corrected chi connectivity index (χ3v) is 5.67. The van der Waals surface area contributed by atoms with Crippen molar-refractivity contribution >= 4 is 21.4 Å². The van der Waals surface area contributed by atoms with Gasteiger partial charge in [0.05, 0.1) is 22.9 Å². The van der Waals surface area contributed by atoms with Crippen molar-refractivity contribution in [1.82, 2.24) is 0 Å². The van der Waals surface area contributed by atoms with E-state index < -0.39 is 39.4 Å². The van der Waals surface area contributed by atoms with Crippen LogP contribution in [-0.2, 0) is 21.2 Å². The number of carbonyl (C=O) groups is 1. The van der Waals surface area contributed by atoms with Crippen LogP contribution < -0.4 is 9.64 Å². The van der Waals surface area contributed by atoms with E-state index in [4.69, 9.17) is 0 Å². The van der Waals surface area contributed by atoms with Crippen molar-refractivity contribution in [3.05, 3.63) is 53.8 Å². The summed E-state index contributed by atoms with van der Waals surface area (Å²) in [5.41, 5.74) is 0.488. The molecule has 1 aliphatic rings. The van der Waals surface area contributed by atoms with Crippen molar-refractivity contribution in [2.24, 2.45) is 0 Å². The molecule has 0 unspecified atom stereocenters. The molecular formula is C17H13F4NO4S. The number of hydrogen-bond acceptors (Lipinski definition) is 4. The molecule has 0 spiro atoms. The number of fused-ring (bicyclic) bond motifs is 1. The van der Waals surface area contributed by atoms with Crippen LogP contribution in [-0.4, -0.2) is 26.4 Å². The van der Waals surface area contributed by atoms with Crippen LogP contribution in [0.5, 0.6) is 5.75 Å². The molecule has 0 aliphatic carbocycles. The maximum absolute atomic E-state index is 13.5. The van der Waals surface area contributed by atoms with Crippen LogP contribution in [0.25, 0.3) is 0 Å². The smallest absolute Gasteiger partial charge is 0.406 e. The monoisotopic (exact) mass is 403 g/mol. The molecule has 2 aromatic rings. The summed E-state index contributed by atoms with van der Waals surface area (Å²) < 4.78 is 78.6. The normalized spacial score (nSPS) is 16.6. The molecule has 144 valence electrons. The summed E-state index contributed by atoms with van der Waals surface area (Å²) in [5.74, 6) is -2.10. The SMILES string of the molecule is O=C1CCS(=O)(=O)c2cc(F)ccc2N1Cc1ccc(OC(F)(F)F)cc1. The van der Waals surface area contributed by atoms with E-state index in [0.717, 1.165) is 24.3 Å². The average molecular weight is 403 g/mol. The van der Waals surface area contributed by atoms with Crippen LogP contribution in [0.15, 0.2) is 47.4 Å². The Morgan fingerprint density at radius 2 is 1.74 bits per heavy atom. The van der Waals surface area contributed by atoms with Gasteiger partial charge in [-0.3, -0.25) is 4.79 Å². The number of anilines is 1. The van der Waals surface area contributed by atoms with Crippen molar-refractivity contribution in [2.75, 3.05) is 10.7 Å². The minimum Gasteiger partial charge on any atom is -0.406 e.